The van der Waals surface area contributed by atoms with E-state index in [2.05, 4.69) is 20.0 Å². The quantitative estimate of drug-likeness (QED) is 0.659. The van der Waals surface area contributed by atoms with Gasteiger partial charge in [0.25, 0.3) is 10.0 Å². The molecule has 1 aromatic rings. The minimum absolute atomic E-state index is 0.0163. The fourth-order valence-corrected chi connectivity index (χ4v) is 2.44. The molecule has 1 aromatic heterocycles. The lowest BCUT2D eigenvalue weighted by Crippen LogP contribution is -2.31. The van der Waals surface area contributed by atoms with E-state index in [0.29, 0.717) is 11.9 Å². The van der Waals surface area contributed by atoms with Crippen LogP contribution in [0.2, 0.25) is 0 Å². The van der Waals surface area contributed by atoms with Gasteiger partial charge in [-0.1, -0.05) is 0 Å². The van der Waals surface area contributed by atoms with Gasteiger partial charge in [0, 0.05) is 19.0 Å². The third-order valence-electron chi connectivity index (χ3n) is 2.56. The Morgan fingerprint density at radius 3 is 2.83 bits per heavy atom. The van der Waals surface area contributed by atoms with E-state index in [4.69, 9.17) is 0 Å². The number of rotatable bonds is 6. The molecule has 0 aromatic carbocycles. The van der Waals surface area contributed by atoms with Gasteiger partial charge in [-0.15, -0.1) is 0 Å². The first kappa shape index (κ1) is 13.0. The van der Waals surface area contributed by atoms with Crippen molar-refractivity contribution in [2.75, 3.05) is 6.54 Å². The standard InChI is InChI=1S/C10H16N4O3S/c1-7-11-6-10(13-7)18(16,17)12-5-4-9(15)14-8-2-3-8/h6,8,12H,2-5H2,1H3,(H,11,13)(H,14,15). The molecule has 1 amide bonds. The molecule has 0 unspecified atom stereocenters. The highest BCUT2D eigenvalue weighted by atomic mass is 32.2. The number of nitrogens with one attached hydrogen (secondary N) is 3. The Labute approximate surface area is 105 Å². The maximum Gasteiger partial charge on any atom is 0.257 e. The molecule has 1 fully saturated rings. The third-order valence-corrected chi connectivity index (χ3v) is 3.93. The topological polar surface area (TPSA) is 104 Å². The average molecular weight is 272 g/mol. The number of sulfonamides is 1. The van der Waals surface area contributed by atoms with E-state index < -0.39 is 10.0 Å². The maximum atomic E-state index is 11.7. The summed E-state index contributed by atoms with van der Waals surface area (Å²) in [5.41, 5.74) is 0. The Bertz CT molecular complexity index is 533. The fourth-order valence-electron chi connectivity index (χ4n) is 1.44. The number of amides is 1. The van der Waals surface area contributed by atoms with Crippen molar-refractivity contribution in [2.24, 2.45) is 0 Å². The first-order valence-corrected chi connectivity index (χ1v) is 7.26. The van der Waals surface area contributed by atoms with E-state index in [9.17, 15) is 13.2 Å². The summed E-state index contributed by atoms with van der Waals surface area (Å²) in [7, 11) is -3.60. The molecular weight excluding hydrogens is 256 g/mol. The van der Waals surface area contributed by atoms with Gasteiger partial charge in [0.2, 0.25) is 5.91 Å². The van der Waals surface area contributed by atoms with Crippen LogP contribution in [-0.4, -0.2) is 36.9 Å². The van der Waals surface area contributed by atoms with E-state index in [-0.39, 0.29) is 23.9 Å². The Morgan fingerprint density at radius 2 is 2.28 bits per heavy atom. The van der Waals surface area contributed by atoms with E-state index >= 15 is 0 Å². The number of H-pyrrole nitrogens is 1. The molecule has 0 saturated heterocycles. The summed E-state index contributed by atoms with van der Waals surface area (Å²) >= 11 is 0. The average Bonchev–Trinajstić information content (AvgIpc) is 2.97. The van der Waals surface area contributed by atoms with Gasteiger partial charge >= 0.3 is 0 Å². The zero-order valence-electron chi connectivity index (χ0n) is 10.1. The Hall–Kier alpha value is -1.41. The highest BCUT2D eigenvalue weighted by molar-refractivity contribution is 7.89. The van der Waals surface area contributed by atoms with Crippen LogP contribution in [0.1, 0.15) is 25.1 Å². The molecule has 1 aliphatic rings. The Kier molecular flexibility index (Phi) is 3.67. The van der Waals surface area contributed by atoms with Crippen LogP contribution in [0.3, 0.4) is 0 Å². The van der Waals surface area contributed by atoms with Crippen LogP contribution in [0.4, 0.5) is 0 Å². The van der Waals surface area contributed by atoms with Crippen molar-refractivity contribution in [1.82, 2.24) is 20.0 Å². The van der Waals surface area contributed by atoms with E-state index in [0.717, 1.165) is 12.8 Å². The van der Waals surface area contributed by atoms with Gasteiger partial charge in [-0.25, -0.2) is 18.1 Å². The van der Waals surface area contributed by atoms with Gasteiger partial charge in [-0.2, -0.15) is 0 Å². The van der Waals surface area contributed by atoms with Crippen LogP contribution in [0.25, 0.3) is 0 Å². The predicted octanol–water partition coefficient (Wildman–Crippen LogP) is -0.335. The second-order valence-corrected chi connectivity index (χ2v) is 6.06. The molecule has 7 nitrogen and oxygen atoms in total. The van der Waals surface area contributed by atoms with Crippen LogP contribution in [-0.2, 0) is 14.8 Å². The number of carbonyl (C=O) groups excluding carboxylic acids is 1. The molecule has 1 saturated carbocycles. The number of aromatic nitrogens is 2. The monoisotopic (exact) mass is 272 g/mol. The van der Waals surface area contributed by atoms with Crippen molar-refractivity contribution >= 4 is 15.9 Å². The van der Waals surface area contributed by atoms with Crippen molar-refractivity contribution in [3.63, 3.8) is 0 Å². The molecule has 0 atom stereocenters. The maximum absolute atomic E-state index is 11.7. The number of imidazole rings is 1. The summed E-state index contributed by atoms with van der Waals surface area (Å²) < 4.78 is 25.8. The number of nitrogens with zero attached hydrogens (tertiary/aromatic N) is 1. The summed E-state index contributed by atoms with van der Waals surface area (Å²) in [5, 5.41) is 2.81. The lowest BCUT2D eigenvalue weighted by atomic mass is 10.4. The number of aryl methyl sites for hydroxylation is 1. The molecule has 100 valence electrons. The summed E-state index contributed by atoms with van der Waals surface area (Å²) in [4.78, 5) is 17.8. The number of hydrogen-bond acceptors (Lipinski definition) is 4. The molecular formula is C10H16N4O3S. The minimum Gasteiger partial charge on any atom is -0.353 e. The van der Waals surface area contributed by atoms with Crippen molar-refractivity contribution in [3.05, 3.63) is 12.0 Å². The van der Waals surface area contributed by atoms with Gasteiger partial charge in [0.1, 0.15) is 5.82 Å². The molecule has 1 heterocycles. The fraction of sp³-hybridized carbons (Fsp3) is 0.600. The summed E-state index contributed by atoms with van der Waals surface area (Å²) in [6.07, 6.45) is 3.43. The number of aromatic amines is 1. The lowest BCUT2D eigenvalue weighted by molar-refractivity contribution is -0.121. The number of hydrogen-bond donors (Lipinski definition) is 3. The van der Waals surface area contributed by atoms with Gasteiger partial charge in [-0.3, -0.25) is 4.79 Å². The zero-order valence-corrected chi connectivity index (χ0v) is 10.9. The van der Waals surface area contributed by atoms with Crippen molar-refractivity contribution in [2.45, 2.75) is 37.3 Å². The third kappa shape index (κ3) is 3.54. The van der Waals surface area contributed by atoms with Crippen LogP contribution in [0.5, 0.6) is 0 Å². The lowest BCUT2D eigenvalue weighted by Gasteiger charge is -2.05. The van der Waals surface area contributed by atoms with Crippen LogP contribution >= 0.6 is 0 Å². The molecule has 18 heavy (non-hydrogen) atoms. The normalized spacial score (nSPS) is 15.6. The highest BCUT2D eigenvalue weighted by Gasteiger charge is 2.23. The van der Waals surface area contributed by atoms with Gasteiger partial charge in [0.05, 0.1) is 6.20 Å². The SMILES string of the molecule is Cc1ncc(S(=O)(=O)NCCC(=O)NC2CC2)[nH]1. The predicted molar refractivity (Wildman–Crippen MR) is 64.3 cm³/mol. The molecule has 8 heteroatoms. The Morgan fingerprint density at radius 1 is 1.56 bits per heavy atom. The van der Waals surface area contributed by atoms with E-state index in [1.807, 2.05) is 0 Å². The summed E-state index contributed by atoms with van der Waals surface area (Å²) in [6.45, 7) is 1.75. The molecule has 1 aliphatic carbocycles. The zero-order chi connectivity index (χ0) is 13.2. The van der Waals surface area contributed by atoms with Crippen molar-refractivity contribution in [1.29, 1.82) is 0 Å². The minimum atomic E-state index is -3.60. The van der Waals surface area contributed by atoms with Gasteiger partial charge < -0.3 is 10.3 Å². The Balaban J connectivity index is 1.79. The molecule has 2 rings (SSSR count). The summed E-state index contributed by atoms with van der Waals surface area (Å²) in [5.74, 6) is 0.405. The molecule has 0 spiro atoms. The molecule has 0 bridgehead atoms. The van der Waals surface area contributed by atoms with Crippen LogP contribution in [0.15, 0.2) is 11.2 Å². The number of carbonyl (C=O) groups is 1. The van der Waals surface area contributed by atoms with Crippen molar-refractivity contribution in [3.8, 4) is 0 Å². The van der Waals surface area contributed by atoms with Gasteiger partial charge in [0.15, 0.2) is 5.03 Å². The van der Waals surface area contributed by atoms with Gasteiger partial charge in [-0.05, 0) is 19.8 Å². The molecule has 0 radical (unpaired) electrons. The molecule has 3 N–H and O–H groups in total. The second-order valence-electron chi connectivity index (χ2n) is 4.32. The van der Waals surface area contributed by atoms with E-state index in [1.54, 1.807) is 6.92 Å². The first-order chi connectivity index (χ1) is 8.47. The molecule has 0 aliphatic heterocycles. The largest absolute Gasteiger partial charge is 0.353 e. The van der Waals surface area contributed by atoms with Crippen LogP contribution in [0, 0.1) is 6.92 Å². The summed E-state index contributed by atoms with van der Waals surface area (Å²) in [6, 6.07) is 0.296. The first-order valence-electron chi connectivity index (χ1n) is 5.78. The van der Waals surface area contributed by atoms with Crippen molar-refractivity contribution < 1.29 is 13.2 Å². The second kappa shape index (κ2) is 5.07. The smallest absolute Gasteiger partial charge is 0.257 e. The highest BCUT2D eigenvalue weighted by Crippen LogP contribution is 2.18. The van der Waals surface area contributed by atoms with E-state index in [1.165, 1.54) is 6.20 Å². The van der Waals surface area contributed by atoms with Crippen LogP contribution < -0.4 is 10.0 Å².